The molecule has 6 heteroatoms. The molecule has 1 unspecified atom stereocenters. The van der Waals surface area contributed by atoms with E-state index in [1.807, 2.05) is 6.07 Å². The van der Waals surface area contributed by atoms with Gasteiger partial charge in [-0.25, -0.2) is 4.79 Å². The van der Waals surface area contributed by atoms with Crippen LogP contribution in [0.1, 0.15) is 42.9 Å². The van der Waals surface area contributed by atoms with Crippen molar-refractivity contribution in [1.29, 1.82) is 0 Å². The molecule has 2 N–H and O–H groups in total. The second kappa shape index (κ2) is 6.61. The number of amides is 3. The molecule has 0 bridgehead atoms. The molecule has 1 atom stereocenters. The lowest BCUT2D eigenvalue weighted by Crippen LogP contribution is -2.45. The highest BCUT2D eigenvalue weighted by Gasteiger charge is 2.48. The number of nitrogens with one attached hydrogen (secondary N) is 2. The Morgan fingerprint density at radius 3 is 2.78 bits per heavy atom. The lowest BCUT2D eigenvalue weighted by molar-refractivity contribution is -0.108. The van der Waals surface area contributed by atoms with Crippen LogP contribution in [0, 0.1) is 5.41 Å². The summed E-state index contributed by atoms with van der Waals surface area (Å²) in [5.74, 6) is 0. The molecule has 23 heavy (non-hydrogen) atoms. The molecule has 5 nitrogen and oxygen atoms in total. The van der Waals surface area contributed by atoms with E-state index in [4.69, 9.17) is 4.74 Å². The van der Waals surface area contributed by atoms with Crippen LogP contribution >= 0.6 is 15.9 Å². The second-order valence-electron chi connectivity index (χ2n) is 6.49. The molecule has 124 valence electrons. The van der Waals surface area contributed by atoms with Crippen molar-refractivity contribution >= 4 is 28.4 Å². The van der Waals surface area contributed by atoms with Gasteiger partial charge < -0.3 is 10.1 Å². The van der Waals surface area contributed by atoms with Crippen LogP contribution in [0.3, 0.4) is 0 Å². The number of hydrogen-bond acceptors (Lipinski definition) is 3. The molecule has 1 aromatic carbocycles. The summed E-state index contributed by atoms with van der Waals surface area (Å²) in [6, 6.07) is 5.74. The molecule has 2 aliphatic rings. The van der Waals surface area contributed by atoms with E-state index in [9.17, 15) is 9.59 Å². The van der Waals surface area contributed by atoms with Crippen LogP contribution in [0.25, 0.3) is 0 Å². The summed E-state index contributed by atoms with van der Waals surface area (Å²) in [5.41, 5.74) is 2.44. The van der Waals surface area contributed by atoms with Gasteiger partial charge in [-0.3, -0.25) is 10.1 Å². The van der Waals surface area contributed by atoms with Crippen LogP contribution in [0.4, 0.5) is 4.79 Å². The molecule has 3 rings (SSSR count). The molecule has 0 saturated heterocycles. The largest absolute Gasteiger partial charge is 0.381 e. The molecule has 0 aromatic heterocycles. The van der Waals surface area contributed by atoms with E-state index in [-0.39, 0.29) is 11.5 Å². The van der Waals surface area contributed by atoms with Gasteiger partial charge in [0.1, 0.15) is 0 Å². The van der Waals surface area contributed by atoms with Crippen molar-refractivity contribution in [3.8, 4) is 0 Å². The fourth-order valence-electron chi connectivity index (χ4n) is 4.13. The van der Waals surface area contributed by atoms with Gasteiger partial charge in [-0.05, 0) is 60.8 Å². The van der Waals surface area contributed by atoms with E-state index in [1.165, 1.54) is 5.56 Å². The van der Waals surface area contributed by atoms with Crippen molar-refractivity contribution in [3.05, 3.63) is 33.8 Å². The number of carbonyl (C=O) groups excluding carboxylic acids is 2. The zero-order valence-electron chi connectivity index (χ0n) is 13.1. The third kappa shape index (κ3) is 3.15. The molecule has 1 spiro atoms. The van der Waals surface area contributed by atoms with Gasteiger partial charge in [-0.2, -0.15) is 0 Å². The monoisotopic (exact) mass is 380 g/mol. The van der Waals surface area contributed by atoms with Gasteiger partial charge in [-0.1, -0.05) is 22.0 Å². The Balaban J connectivity index is 1.90. The van der Waals surface area contributed by atoms with E-state index < -0.39 is 6.03 Å². The molecule has 0 aliphatic heterocycles. The Labute approximate surface area is 144 Å². The molecule has 1 aromatic rings. The van der Waals surface area contributed by atoms with Gasteiger partial charge in [0.05, 0.1) is 12.1 Å². The maximum absolute atomic E-state index is 12.0. The first kappa shape index (κ1) is 16.5. The summed E-state index contributed by atoms with van der Waals surface area (Å²) >= 11 is 3.52. The number of ether oxygens (including phenoxy) is 1. The van der Waals surface area contributed by atoms with Gasteiger partial charge in [0, 0.05) is 11.6 Å². The highest BCUT2D eigenvalue weighted by Crippen LogP contribution is 2.54. The van der Waals surface area contributed by atoms with E-state index >= 15 is 0 Å². The minimum atomic E-state index is -0.439. The third-order valence-corrected chi connectivity index (χ3v) is 5.79. The summed E-state index contributed by atoms with van der Waals surface area (Å²) in [4.78, 5) is 22.5. The number of imide groups is 1. The molecule has 2 aliphatic carbocycles. The molecule has 1 fully saturated rings. The molecular weight excluding hydrogens is 360 g/mol. The molecule has 1 saturated carbocycles. The zero-order valence-corrected chi connectivity index (χ0v) is 14.7. The number of rotatable bonds is 3. The number of halogens is 1. The van der Waals surface area contributed by atoms with Gasteiger partial charge >= 0.3 is 6.03 Å². The predicted molar refractivity (Wildman–Crippen MR) is 90.0 cm³/mol. The minimum absolute atomic E-state index is 0.0123. The van der Waals surface area contributed by atoms with Gasteiger partial charge in [0.25, 0.3) is 0 Å². The van der Waals surface area contributed by atoms with Crippen molar-refractivity contribution < 1.29 is 14.3 Å². The average Bonchev–Trinajstić information content (AvgIpc) is 2.82. The van der Waals surface area contributed by atoms with Crippen LogP contribution in [0.15, 0.2) is 22.7 Å². The number of fused-ring (bicyclic) bond motifs is 1. The summed E-state index contributed by atoms with van der Waals surface area (Å²) < 4.78 is 6.49. The Morgan fingerprint density at radius 2 is 2.13 bits per heavy atom. The summed E-state index contributed by atoms with van der Waals surface area (Å²) in [6.45, 7) is 0. The minimum Gasteiger partial charge on any atom is -0.381 e. The number of urea groups is 1. The van der Waals surface area contributed by atoms with Crippen LogP contribution in [-0.4, -0.2) is 25.7 Å². The van der Waals surface area contributed by atoms with Crippen LogP contribution in [0.2, 0.25) is 0 Å². The smallest absolute Gasteiger partial charge is 0.321 e. The van der Waals surface area contributed by atoms with Gasteiger partial charge in [-0.15, -0.1) is 0 Å². The topological polar surface area (TPSA) is 67.4 Å². The summed E-state index contributed by atoms with van der Waals surface area (Å²) in [5, 5.41) is 5.21. The van der Waals surface area contributed by atoms with Crippen LogP contribution in [-0.2, 0) is 16.0 Å². The highest BCUT2D eigenvalue weighted by atomic mass is 79.9. The normalized spacial score (nSPS) is 29.1. The Kier molecular flexibility index (Phi) is 4.73. The lowest BCUT2D eigenvalue weighted by Gasteiger charge is -2.41. The van der Waals surface area contributed by atoms with Crippen molar-refractivity contribution in [1.82, 2.24) is 10.6 Å². The third-order valence-electron chi connectivity index (χ3n) is 5.30. The molecule has 3 amide bonds. The second-order valence-corrected chi connectivity index (χ2v) is 7.40. The van der Waals surface area contributed by atoms with Crippen molar-refractivity contribution in [2.75, 3.05) is 7.11 Å². The zero-order chi connectivity index (χ0) is 16.4. The van der Waals surface area contributed by atoms with E-state index in [0.717, 1.165) is 42.1 Å². The Morgan fingerprint density at radius 1 is 1.39 bits per heavy atom. The average molecular weight is 381 g/mol. The Bertz CT molecular complexity index is 612. The fraction of sp³-hybridized carbons (Fsp3) is 0.529. The molecule has 0 radical (unpaired) electrons. The first-order valence-corrected chi connectivity index (χ1v) is 8.69. The summed E-state index contributed by atoms with van der Waals surface area (Å²) in [7, 11) is 1.76. The lowest BCUT2D eigenvalue weighted by atomic mass is 9.68. The van der Waals surface area contributed by atoms with Gasteiger partial charge in [0.2, 0.25) is 6.41 Å². The SMILES string of the molecule is COC1CCC2(CC1)Cc1ccc(Br)cc1C2NC(=O)NC=O. The molecule has 0 heterocycles. The molecular formula is C17H21BrN2O3. The maximum atomic E-state index is 12.0. The Hall–Kier alpha value is -1.40. The van der Waals surface area contributed by atoms with Crippen molar-refractivity contribution in [2.45, 2.75) is 44.2 Å². The van der Waals surface area contributed by atoms with Crippen LogP contribution in [0.5, 0.6) is 0 Å². The number of benzene rings is 1. The number of hydrogen-bond donors (Lipinski definition) is 2. The van der Waals surface area contributed by atoms with Gasteiger partial charge in [0.15, 0.2) is 0 Å². The predicted octanol–water partition coefficient (Wildman–Crippen LogP) is 3.08. The van der Waals surface area contributed by atoms with Crippen molar-refractivity contribution in [3.63, 3.8) is 0 Å². The standard InChI is InChI=1S/C17H21BrN2O3/c1-23-13-4-6-17(7-5-13)9-11-2-3-12(18)8-14(11)15(17)20-16(22)19-10-21/h2-3,8,10,13,15H,4-7,9H2,1H3,(H2,19,20,21,22). The van der Waals surface area contributed by atoms with Crippen molar-refractivity contribution in [2.24, 2.45) is 5.41 Å². The first-order valence-electron chi connectivity index (χ1n) is 7.90. The highest BCUT2D eigenvalue weighted by molar-refractivity contribution is 9.10. The summed E-state index contributed by atoms with van der Waals surface area (Å²) in [6.07, 6.45) is 5.69. The number of methoxy groups -OCH3 is 1. The van der Waals surface area contributed by atoms with E-state index in [0.29, 0.717) is 12.5 Å². The number of carbonyl (C=O) groups is 2. The maximum Gasteiger partial charge on any atom is 0.321 e. The fourth-order valence-corrected chi connectivity index (χ4v) is 4.51. The van der Waals surface area contributed by atoms with E-state index in [2.05, 4.69) is 38.7 Å². The first-order chi connectivity index (χ1) is 11.1. The van der Waals surface area contributed by atoms with E-state index in [1.54, 1.807) is 7.11 Å². The quantitative estimate of drug-likeness (QED) is 0.791. The van der Waals surface area contributed by atoms with Crippen LogP contribution < -0.4 is 10.6 Å².